The minimum Gasteiger partial charge on any atom is -0.400 e. The molecule has 0 aromatic carbocycles. The predicted octanol–water partition coefficient (Wildman–Crippen LogP) is 5.42. The van der Waals surface area contributed by atoms with Crippen molar-refractivity contribution in [1.82, 2.24) is 0 Å². The third-order valence-electron chi connectivity index (χ3n) is 3.95. The summed E-state index contributed by atoms with van der Waals surface area (Å²) >= 11 is 0. The molecule has 0 amide bonds. The largest absolute Gasteiger partial charge is 0.400 e. The quantitative estimate of drug-likeness (QED) is 0.337. The smallest absolute Gasteiger partial charge is 0.361 e. The molecule has 0 saturated carbocycles. The van der Waals surface area contributed by atoms with Gasteiger partial charge in [-0.25, -0.2) is 0 Å². The summed E-state index contributed by atoms with van der Waals surface area (Å²) in [6.45, 7) is 15.0. The van der Waals surface area contributed by atoms with Gasteiger partial charge in [-0.05, 0) is 36.5 Å². The Bertz CT molecular complexity index is 378. The van der Waals surface area contributed by atoms with Crippen LogP contribution in [0.5, 0.6) is 0 Å². The Labute approximate surface area is 131 Å². The van der Waals surface area contributed by atoms with Gasteiger partial charge in [-0.3, -0.25) is 4.57 Å². The van der Waals surface area contributed by atoms with Crippen molar-refractivity contribution in [2.45, 2.75) is 65.0 Å². The lowest BCUT2D eigenvalue weighted by Crippen LogP contribution is -2.43. The molecule has 1 unspecified atom stereocenters. The Morgan fingerprint density at radius 3 is 1.95 bits per heavy atom. The van der Waals surface area contributed by atoms with E-state index in [-0.39, 0.29) is 5.04 Å². The molecule has 0 spiro atoms. The lowest BCUT2D eigenvalue weighted by molar-refractivity contribution is 0.202. The molecule has 0 aromatic heterocycles. The molecule has 6 heteroatoms. The molecule has 0 rings (SSSR count). The highest BCUT2D eigenvalue weighted by molar-refractivity contribution is 7.54. The second-order valence-corrected chi connectivity index (χ2v) is 14.3. The molecule has 1 atom stereocenters. The van der Waals surface area contributed by atoms with Crippen LogP contribution in [0, 0.1) is 5.92 Å². The van der Waals surface area contributed by atoms with Gasteiger partial charge in [0.1, 0.15) is 0 Å². The maximum Gasteiger partial charge on any atom is 0.361 e. The van der Waals surface area contributed by atoms with Crippen LogP contribution in [0.1, 0.15) is 41.0 Å². The van der Waals surface area contributed by atoms with Crippen molar-refractivity contribution in [3.05, 3.63) is 12.2 Å². The van der Waals surface area contributed by atoms with E-state index in [0.717, 1.165) is 6.42 Å². The third kappa shape index (κ3) is 6.37. The van der Waals surface area contributed by atoms with E-state index in [2.05, 4.69) is 47.7 Å². The third-order valence-corrected chi connectivity index (χ3v) is 10.5. The molecule has 0 N–H and O–H groups in total. The Morgan fingerprint density at radius 1 is 1.14 bits per heavy atom. The van der Waals surface area contributed by atoms with Crippen molar-refractivity contribution in [1.29, 1.82) is 0 Å². The predicted molar refractivity (Wildman–Crippen MR) is 92.3 cm³/mol. The lowest BCUT2D eigenvalue weighted by Gasteiger charge is -2.39. The molecule has 0 fully saturated rings. The molecule has 21 heavy (non-hydrogen) atoms. The fourth-order valence-corrected chi connectivity index (χ4v) is 4.68. The van der Waals surface area contributed by atoms with Crippen molar-refractivity contribution < 1.29 is 18.0 Å². The van der Waals surface area contributed by atoms with Gasteiger partial charge in [-0.1, -0.05) is 40.7 Å². The summed E-state index contributed by atoms with van der Waals surface area (Å²) in [4.78, 5) is 0. The van der Waals surface area contributed by atoms with Crippen LogP contribution in [0.2, 0.25) is 18.1 Å². The summed E-state index contributed by atoms with van der Waals surface area (Å²) in [6.07, 6.45) is 4.76. The van der Waals surface area contributed by atoms with E-state index < -0.39 is 21.8 Å². The molecule has 0 bridgehead atoms. The van der Waals surface area contributed by atoms with Gasteiger partial charge < -0.3 is 13.5 Å². The van der Waals surface area contributed by atoms with E-state index in [9.17, 15) is 4.57 Å². The van der Waals surface area contributed by atoms with Crippen LogP contribution >= 0.6 is 7.60 Å². The van der Waals surface area contributed by atoms with Gasteiger partial charge in [-0.15, -0.1) is 0 Å². The standard InChI is InChI=1S/C15H33O4PSi/c1-13(2)11-10-12-14(20(16,17-6)18-7)19-21(8,9)15(3,4)5/h10,12-14H,11H2,1-9H3/b12-10+. The summed E-state index contributed by atoms with van der Waals surface area (Å²) in [6, 6.07) is 0. The Balaban J connectivity index is 5.34. The van der Waals surface area contributed by atoms with Crippen LogP contribution in [0.25, 0.3) is 0 Å². The second-order valence-electron chi connectivity index (χ2n) is 7.23. The van der Waals surface area contributed by atoms with E-state index in [1.807, 2.05) is 12.2 Å². The summed E-state index contributed by atoms with van der Waals surface area (Å²) in [7, 11) is -2.55. The molecule has 0 heterocycles. The first kappa shape index (κ1) is 21.1. The second kappa shape index (κ2) is 8.07. The van der Waals surface area contributed by atoms with E-state index >= 15 is 0 Å². The summed E-state index contributed by atoms with van der Waals surface area (Å²) in [5, 5.41) is 0.0312. The van der Waals surface area contributed by atoms with E-state index in [0.29, 0.717) is 5.92 Å². The fourth-order valence-electron chi connectivity index (χ4n) is 1.44. The van der Waals surface area contributed by atoms with Crippen LogP contribution in [0.3, 0.4) is 0 Å². The first-order valence-electron chi connectivity index (χ1n) is 7.45. The van der Waals surface area contributed by atoms with Gasteiger partial charge >= 0.3 is 7.60 Å². The number of allylic oxidation sites excluding steroid dienone is 1. The summed E-state index contributed by atoms with van der Waals surface area (Å²) in [5.41, 5.74) is 0. The average Bonchev–Trinajstić information content (AvgIpc) is 2.34. The lowest BCUT2D eigenvalue weighted by atomic mass is 10.1. The normalized spacial score (nSPS) is 15.9. The molecular weight excluding hydrogens is 303 g/mol. The van der Waals surface area contributed by atoms with Gasteiger partial charge in [0.15, 0.2) is 14.2 Å². The molecule has 0 saturated heterocycles. The van der Waals surface area contributed by atoms with Crippen molar-refractivity contribution in [2.75, 3.05) is 14.2 Å². The fraction of sp³-hybridized carbons (Fsp3) is 0.867. The molecule has 0 aromatic rings. The highest BCUT2D eigenvalue weighted by Crippen LogP contribution is 2.54. The Morgan fingerprint density at radius 2 is 1.62 bits per heavy atom. The minimum atomic E-state index is -3.29. The molecule has 0 aliphatic rings. The highest BCUT2D eigenvalue weighted by atomic mass is 31.2. The Hall–Kier alpha value is 0.0669. The maximum atomic E-state index is 12.7. The molecule has 0 aliphatic carbocycles. The van der Waals surface area contributed by atoms with Crippen molar-refractivity contribution in [2.24, 2.45) is 5.92 Å². The van der Waals surface area contributed by atoms with Gasteiger partial charge in [-0.2, -0.15) is 0 Å². The van der Waals surface area contributed by atoms with E-state index in [4.69, 9.17) is 13.5 Å². The van der Waals surface area contributed by atoms with Crippen LogP contribution in [0.15, 0.2) is 12.2 Å². The van der Waals surface area contributed by atoms with Crippen molar-refractivity contribution in [3.63, 3.8) is 0 Å². The van der Waals surface area contributed by atoms with E-state index in [1.54, 1.807) is 0 Å². The monoisotopic (exact) mass is 336 g/mol. The van der Waals surface area contributed by atoms with Gasteiger partial charge in [0.2, 0.25) is 0 Å². The highest BCUT2D eigenvalue weighted by Gasteiger charge is 2.44. The first-order chi connectivity index (χ1) is 9.39. The molecule has 126 valence electrons. The van der Waals surface area contributed by atoms with Gasteiger partial charge in [0.25, 0.3) is 0 Å². The average molecular weight is 336 g/mol. The Kier molecular flexibility index (Phi) is 8.10. The zero-order chi connectivity index (χ0) is 16.9. The topological polar surface area (TPSA) is 44.8 Å². The molecular formula is C15H33O4PSi. The van der Waals surface area contributed by atoms with Crippen LogP contribution in [0.4, 0.5) is 0 Å². The van der Waals surface area contributed by atoms with Gasteiger partial charge in [0.05, 0.1) is 0 Å². The summed E-state index contributed by atoms with van der Waals surface area (Å²) in [5.74, 6) is -0.105. The minimum absolute atomic E-state index is 0.0312. The zero-order valence-corrected chi connectivity index (χ0v) is 17.0. The number of rotatable bonds is 8. The van der Waals surface area contributed by atoms with E-state index in [1.165, 1.54) is 14.2 Å². The van der Waals surface area contributed by atoms with Crippen LogP contribution < -0.4 is 0 Å². The molecule has 4 nitrogen and oxygen atoms in total. The van der Waals surface area contributed by atoms with Gasteiger partial charge in [0, 0.05) is 14.2 Å². The zero-order valence-electron chi connectivity index (χ0n) is 15.1. The van der Waals surface area contributed by atoms with Crippen LogP contribution in [-0.4, -0.2) is 28.4 Å². The molecule has 0 radical (unpaired) electrons. The molecule has 0 aliphatic heterocycles. The van der Waals surface area contributed by atoms with Crippen molar-refractivity contribution >= 4 is 15.9 Å². The number of hydrogen-bond acceptors (Lipinski definition) is 4. The first-order valence-corrected chi connectivity index (χ1v) is 12.0. The summed E-state index contributed by atoms with van der Waals surface area (Å²) < 4.78 is 29.3. The SMILES string of the molecule is COP(=O)(OC)C(/C=C/CC(C)C)O[Si](C)(C)C(C)(C)C. The van der Waals surface area contributed by atoms with Crippen molar-refractivity contribution in [3.8, 4) is 0 Å². The number of hydrogen-bond donors (Lipinski definition) is 0. The maximum absolute atomic E-state index is 12.7. The van der Waals surface area contributed by atoms with Crippen LogP contribution in [-0.2, 0) is 18.0 Å².